The fourth-order valence-corrected chi connectivity index (χ4v) is 1.97. The first-order chi connectivity index (χ1) is 11.0. The van der Waals surface area contributed by atoms with Gasteiger partial charge in [0.15, 0.2) is 6.10 Å². The minimum Gasteiger partial charge on any atom is -0.479 e. The number of hydrazine groups is 1. The Labute approximate surface area is 142 Å². The Hall–Kier alpha value is -2.38. The summed E-state index contributed by atoms with van der Waals surface area (Å²) < 4.78 is 5.42. The van der Waals surface area contributed by atoms with Gasteiger partial charge in [-0.1, -0.05) is 23.2 Å². The number of amides is 2. The number of hydrogen-bond acceptors (Lipinski definition) is 5. The van der Waals surface area contributed by atoms with Crippen LogP contribution in [0.3, 0.4) is 0 Å². The summed E-state index contributed by atoms with van der Waals surface area (Å²) in [7, 11) is 0. The molecule has 120 valence electrons. The van der Waals surface area contributed by atoms with Crippen molar-refractivity contribution in [2.24, 2.45) is 0 Å². The van der Waals surface area contributed by atoms with Gasteiger partial charge in [0, 0.05) is 17.4 Å². The maximum atomic E-state index is 11.9. The molecule has 1 unspecified atom stereocenters. The van der Waals surface area contributed by atoms with Gasteiger partial charge in [-0.3, -0.25) is 25.4 Å². The monoisotopic (exact) mass is 354 g/mol. The molecule has 9 heteroatoms. The summed E-state index contributed by atoms with van der Waals surface area (Å²) in [6, 6.07) is 4.63. The predicted octanol–water partition coefficient (Wildman–Crippen LogP) is 2.01. The molecule has 1 heterocycles. The highest BCUT2D eigenvalue weighted by Crippen LogP contribution is 2.28. The molecule has 2 N–H and O–H groups in total. The highest BCUT2D eigenvalue weighted by molar-refractivity contribution is 6.35. The zero-order chi connectivity index (χ0) is 16.8. The molecule has 0 radical (unpaired) electrons. The van der Waals surface area contributed by atoms with Gasteiger partial charge in [0.1, 0.15) is 11.4 Å². The zero-order valence-corrected chi connectivity index (χ0v) is 13.4. The maximum Gasteiger partial charge on any atom is 0.289 e. The van der Waals surface area contributed by atoms with Crippen molar-refractivity contribution in [3.63, 3.8) is 0 Å². The van der Waals surface area contributed by atoms with Crippen LogP contribution in [0.1, 0.15) is 17.4 Å². The topological polar surface area (TPSA) is 93.2 Å². The van der Waals surface area contributed by atoms with Gasteiger partial charge in [0.25, 0.3) is 11.8 Å². The molecule has 7 nitrogen and oxygen atoms in total. The van der Waals surface area contributed by atoms with Crippen LogP contribution in [0.5, 0.6) is 5.75 Å². The van der Waals surface area contributed by atoms with Crippen LogP contribution in [-0.2, 0) is 4.79 Å². The summed E-state index contributed by atoms with van der Waals surface area (Å²) in [5, 5.41) is 0.733. The van der Waals surface area contributed by atoms with Crippen LogP contribution < -0.4 is 15.6 Å². The number of benzene rings is 1. The minimum atomic E-state index is -0.893. The molecule has 0 aliphatic heterocycles. The Morgan fingerprint density at radius 3 is 2.65 bits per heavy atom. The summed E-state index contributed by atoms with van der Waals surface area (Å²) >= 11 is 11.7. The predicted molar refractivity (Wildman–Crippen MR) is 84.2 cm³/mol. The molecule has 1 atom stereocenters. The van der Waals surface area contributed by atoms with Crippen molar-refractivity contribution in [1.29, 1.82) is 0 Å². The second-order valence-electron chi connectivity index (χ2n) is 4.37. The number of carbonyl (C=O) groups is 2. The highest BCUT2D eigenvalue weighted by Gasteiger charge is 2.17. The summed E-state index contributed by atoms with van der Waals surface area (Å²) in [6.07, 6.45) is 3.18. The lowest BCUT2D eigenvalue weighted by molar-refractivity contribution is -0.128. The molecule has 0 spiro atoms. The van der Waals surface area contributed by atoms with Crippen molar-refractivity contribution in [2.75, 3.05) is 0 Å². The zero-order valence-electron chi connectivity index (χ0n) is 11.9. The third kappa shape index (κ3) is 4.80. The quantitative estimate of drug-likeness (QED) is 0.819. The smallest absolute Gasteiger partial charge is 0.289 e. The van der Waals surface area contributed by atoms with E-state index >= 15 is 0 Å². The molecular formula is C14H12Cl2N4O3. The van der Waals surface area contributed by atoms with Crippen LogP contribution in [-0.4, -0.2) is 27.9 Å². The Bertz CT molecular complexity index is 712. The molecule has 0 saturated heterocycles. The van der Waals surface area contributed by atoms with Gasteiger partial charge < -0.3 is 4.74 Å². The fraction of sp³-hybridized carbons (Fsp3) is 0.143. The summed E-state index contributed by atoms with van der Waals surface area (Å²) in [4.78, 5) is 31.2. The molecule has 2 aromatic rings. The molecule has 0 aliphatic rings. The largest absolute Gasteiger partial charge is 0.479 e. The Morgan fingerprint density at radius 2 is 2.00 bits per heavy atom. The van der Waals surface area contributed by atoms with Gasteiger partial charge in [0.2, 0.25) is 0 Å². The molecule has 1 aromatic heterocycles. The molecular weight excluding hydrogens is 343 g/mol. The number of carbonyl (C=O) groups excluding carboxylic acids is 2. The van der Waals surface area contributed by atoms with Crippen LogP contribution in [0.4, 0.5) is 0 Å². The van der Waals surface area contributed by atoms with Crippen molar-refractivity contribution in [3.8, 4) is 5.75 Å². The number of nitrogens with zero attached hydrogens (tertiary/aromatic N) is 2. The lowest BCUT2D eigenvalue weighted by Crippen LogP contribution is -2.47. The fourth-order valence-electron chi connectivity index (χ4n) is 1.52. The molecule has 0 aliphatic carbocycles. The van der Waals surface area contributed by atoms with Crippen LogP contribution in [0.2, 0.25) is 10.0 Å². The third-order valence-corrected chi connectivity index (χ3v) is 3.19. The molecule has 23 heavy (non-hydrogen) atoms. The van der Waals surface area contributed by atoms with Crippen molar-refractivity contribution in [3.05, 3.63) is 52.5 Å². The van der Waals surface area contributed by atoms with E-state index < -0.39 is 17.9 Å². The number of rotatable bonds is 4. The van der Waals surface area contributed by atoms with Crippen LogP contribution >= 0.6 is 23.2 Å². The van der Waals surface area contributed by atoms with E-state index in [-0.39, 0.29) is 10.7 Å². The number of ether oxygens (including phenoxy) is 1. The maximum absolute atomic E-state index is 11.9. The van der Waals surface area contributed by atoms with Crippen molar-refractivity contribution in [2.45, 2.75) is 13.0 Å². The van der Waals surface area contributed by atoms with Crippen molar-refractivity contribution in [1.82, 2.24) is 20.8 Å². The first-order valence-corrected chi connectivity index (χ1v) is 7.21. The van der Waals surface area contributed by atoms with Crippen molar-refractivity contribution >= 4 is 35.0 Å². The number of halogens is 2. The van der Waals surface area contributed by atoms with Crippen LogP contribution in [0.15, 0.2) is 36.8 Å². The van der Waals surface area contributed by atoms with Gasteiger partial charge in [-0.2, -0.15) is 0 Å². The van der Waals surface area contributed by atoms with E-state index in [1.807, 2.05) is 0 Å². The van der Waals surface area contributed by atoms with E-state index in [0.717, 1.165) is 0 Å². The Morgan fingerprint density at radius 1 is 1.22 bits per heavy atom. The molecule has 0 bridgehead atoms. The third-order valence-electron chi connectivity index (χ3n) is 2.66. The summed E-state index contributed by atoms with van der Waals surface area (Å²) in [5.74, 6) is -0.851. The number of aromatic nitrogens is 2. The first kappa shape index (κ1) is 17.0. The SMILES string of the molecule is CC(Oc1ccc(Cl)cc1Cl)C(=O)NNC(=O)c1cnccn1. The lowest BCUT2D eigenvalue weighted by atomic mass is 10.3. The molecule has 0 fully saturated rings. The second-order valence-corrected chi connectivity index (χ2v) is 5.21. The average Bonchev–Trinajstić information content (AvgIpc) is 2.55. The van der Waals surface area contributed by atoms with Gasteiger partial charge >= 0.3 is 0 Å². The van der Waals surface area contributed by atoms with E-state index in [1.165, 1.54) is 31.6 Å². The van der Waals surface area contributed by atoms with E-state index in [4.69, 9.17) is 27.9 Å². The lowest BCUT2D eigenvalue weighted by Gasteiger charge is -2.16. The number of nitrogens with one attached hydrogen (secondary N) is 2. The molecule has 2 amide bonds. The van der Waals surface area contributed by atoms with Crippen LogP contribution in [0, 0.1) is 0 Å². The highest BCUT2D eigenvalue weighted by atomic mass is 35.5. The Kier molecular flexibility index (Phi) is 5.72. The normalized spacial score (nSPS) is 11.4. The average molecular weight is 355 g/mol. The van der Waals surface area contributed by atoms with Gasteiger partial charge in [-0.25, -0.2) is 4.98 Å². The summed E-state index contributed by atoms with van der Waals surface area (Å²) in [6.45, 7) is 1.51. The number of hydrogen-bond donors (Lipinski definition) is 2. The van der Waals surface area contributed by atoms with E-state index in [2.05, 4.69) is 20.8 Å². The van der Waals surface area contributed by atoms with Gasteiger partial charge in [0.05, 0.1) is 11.2 Å². The van der Waals surface area contributed by atoms with E-state index in [1.54, 1.807) is 12.1 Å². The standard InChI is InChI=1S/C14H12Cl2N4O3/c1-8(23-12-3-2-9(15)6-10(12)16)13(21)19-20-14(22)11-7-17-4-5-18-11/h2-8H,1H3,(H,19,21)(H,20,22). The molecule has 2 rings (SSSR count). The van der Waals surface area contributed by atoms with Crippen molar-refractivity contribution < 1.29 is 14.3 Å². The Balaban J connectivity index is 1.89. The minimum absolute atomic E-state index is 0.0714. The molecule has 1 aromatic carbocycles. The first-order valence-electron chi connectivity index (χ1n) is 6.45. The van der Waals surface area contributed by atoms with Gasteiger partial charge in [-0.15, -0.1) is 0 Å². The van der Waals surface area contributed by atoms with E-state index in [0.29, 0.717) is 10.8 Å². The summed E-state index contributed by atoms with van der Waals surface area (Å²) in [5.41, 5.74) is 4.52. The second kappa shape index (κ2) is 7.75. The van der Waals surface area contributed by atoms with Gasteiger partial charge in [-0.05, 0) is 25.1 Å². The van der Waals surface area contributed by atoms with Crippen LogP contribution in [0.25, 0.3) is 0 Å². The molecule has 0 saturated carbocycles. The van der Waals surface area contributed by atoms with E-state index in [9.17, 15) is 9.59 Å².